The minimum atomic E-state index is -3.64. The van der Waals surface area contributed by atoms with Crippen LogP contribution in [0.1, 0.15) is 18.4 Å². The number of aryl methyl sites for hydroxylation is 1. The van der Waals surface area contributed by atoms with Crippen LogP contribution < -0.4 is 4.90 Å². The van der Waals surface area contributed by atoms with Gasteiger partial charge in [0, 0.05) is 6.04 Å². The van der Waals surface area contributed by atoms with E-state index in [1.54, 1.807) is 6.07 Å². The highest BCUT2D eigenvalue weighted by Gasteiger charge is 2.37. The zero-order valence-corrected chi connectivity index (χ0v) is 10.8. The van der Waals surface area contributed by atoms with Gasteiger partial charge in [-0.15, -0.1) is 4.40 Å². The van der Waals surface area contributed by atoms with Crippen molar-refractivity contribution in [3.05, 3.63) is 22.7 Å². The van der Waals surface area contributed by atoms with Crippen LogP contribution in [0.25, 0.3) is 0 Å². The van der Waals surface area contributed by atoms with E-state index in [9.17, 15) is 8.42 Å². The van der Waals surface area contributed by atoms with Crippen molar-refractivity contribution < 1.29 is 8.42 Å². The van der Waals surface area contributed by atoms with Crippen molar-refractivity contribution in [3.63, 3.8) is 0 Å². The standard InChI is InChI=1S/C11H11ClN2O2S/c1-7-2-5-9(12)11-10(7)14(8-3-4-8)6-13-17(11,15)16/h2,5-6,8H,3-4H2,1H3. The molecule has 1 aliphatic carbocycles. The highest BCUT2D eigenvalue weighted by atomic mass is 35.5. The maximum absolute atomic E-state index is 11.9. The first-order valence-corrected chi connectivity index (χ1v) is 7.20. The Balaban J connectivity index is 2.32. The third-order valence-corrected chi connectivity index (χ3v) is 4.78. The summed E-state index contributed by atoms with van der Waals surface area (Å²) >= 11 is 6.01. The molecule has 90 valence electrons. The Kier molecular flexibility index (Phi) is 2.25. The van der Waals surface area contributed by atoms with Crippen molar-refractivity contribution in [2.24, 2.45) is 4.40 Å². The number of nitrogens with zero attached hydrogens (tertiary/aromatic N) is 2. The summed E-state index contributed by atoms with van der Waals surface area (Å²) in [5.74, 6) is 0. The maximum Gasteiger partial charge on any atom is 0.287 e. The largest absolute Gasteiger partial charge is 0.327 e. The lowest BCUT2D eigenvalue weighted by Gasteiger charge is -2.27. The van der Waals surface area contributed by atoms with Crippen LogP contribution in [0.5, 0.6) is 0 Å². The minimum absolute atomic E-state index is 0.147. The Morgan fingerprint density at radius 3 is 2.76 bits per heavy atom. The second kappa shape index (κ2) is 3.46. The summed E-state index contributed by atoms with van der Waals surface area (Å²) in [5, 5.41) is 0.244. The van der Waals surface area contributed by atoms with Crippen LogP contribution in [0.2, 0.25) is 5.02 Å². The molecular formula is C11H11ClN2O2S. The predicted octanol–water partition coefficient (Wildman–Crippen LogP) is 2.35. The molecule has 1 saturated carbocycles. The lowest BCUT2D eigenvalue weighted by atomic mass is 10.2. The van der Waals surface area contributed by atoms with Crippen molar-refractivity contribution in [3.8, 4) is 0 Å². The number of rotatable bonds is 1. The van der Waals surface area contributed by atoms with Gasteiger partial charge in [0.25, 0.3) is 10.0 Å². The average molecular weight is 271 g/mol. The number of sulfonamides is 1. The molecule has 1 heterocycles. The van der Waals surface area contributed by atoms with E-state index in [2.05, 4.69) is 4.40 Å². The Labute approximate surface area is 105 Å². The second-order valence-electron chi connectivity index (χ2n) is 4.38. The number of benzene rings is 1. The quantitative estimate of drug-likeness (QED) is 0.787. The lowest BCUT2D eigenvalue weighted by molar-refractivity contribution is 0.597. The molecule has 0 bridgehead atoms. The van der Waals surface area contributed by atoms with Crippen LogP contribution in [0.15, 0.2) is 21.4 Å². The highest BCUT2D eigenvalue weighted by Crippen LogP contribution is 2.42. The fourth-order valence-corrected chi connectivity index (χ4v) is 3.67. The number of anilines is 1. The van der Waals surface area contributed by atoms with Crippen LogP contribution in [-0.2, 0) is 10.0 Å². The van der Waals surface area contributed by atoms with Crippen molar-refractivity contribution in [1.82, 2.24) is 0 Å². The third kappa shape index (κ3) is 1.65. The van der Waals surface area contributed by atoms with Gasteiger partial charge >= 0.3 is 0 Å². The normalized spacial score (nSPS) is 21.4. The molecule has 1 fully saturated rings. The summed E-state index contributed by atoms with van der Waals surface area (Å²) in [5.41, 5.74) is 1.60. The molecule has 0 atom stereocenters. The molecule has 4 nitrogen and oxygen atoms in total. The molecule has 0 aromatic heterocycles. The number of fused-ring (bicyclic) bond motifs is 1. The summed E-state index contributed by atoms with van der Waals surface area (Å²) < 4.78 is 27.5. The molecule has 0 unspecified atom stereocenters. The summed E-state index contributed by atoms with van der Waals surface area (Å²) in [4.78, 5) is 2.07. The van der Waals surface area contributed by atoms with Crippen LogP contribution in [-0.4, -0.2) is 20.8 Å². The molecule has 17 heavy (non-hydrogen) atoms. The van der Waals surface area contributed by atoms with E-state index in [1.165, 1.54) is 6.34 Å². The van der Waals surface area contributed by atoms with Gasteiger partial charge in [0.2, 0.25) is 0 Å². The summed E-state index contributed by atoms with van der Waals surface area (Å²) in [7, 11) is -3.64. The van der Waals surface area contributed by atoms with E-state index >= 15 is 0 Å². The fourth-order valence-electron chi connectivity index (χ4n) is 2.06. The molecular weight excluding hydrogens is 260 g/mol. The molecule has 1 aliphatic heterocycles. The van der Waals surface area contributed by atoms with Gasteiger partial charge in [-0.05, 0) is 31.4 Å². The van der Waals surface area contributed by atoms with Gasteiger partial charge in [-0.3, -0.25) is 0 Å². The smallest absolute Gasteiger partial charge is 0.287 e. The first-order chi connectivity index (χ1) is 8.00. The van der Waals surface area contributed by atoms with E-state index in [4.69, 9.17) is 11.6 Å². The molecule has 3 rings (SSSR count). The van der Waals surface area contributed by atoms with Gasteiger partial charge < -0.3 is 4.90 Å². The first-order valence-electron chi connectivity index (χ1n) is 5.38. The van der Waals surface area contributed by atoms with Crippen LogP contribution in [0.4, 0.5) is 5.69 Å². The van der Waals surface area contributed by atoms with Gasteiger partial charge in [0.05, 0.1) is 10.7 Å². The van der Waals surface area contributed by atoms with Gasteiger partial charge in [-0.25, -0.2) is 0 Å². The number of hydrogen-bond donors (Lipinski definition) is 0. The monoisotopic (exact) mass is 270 g/mol. The van der Waals surface area contributed by atoms with Gasteiger partial charge in [0.15, 0.2) is 0 Å². The SMILES string of the molecule is Cc1ccc(Cl)c2c1N(C1CC1)C=NS2(=O)=O. The zero-order chi connectivity index (χ0) is 12.2. The van der Waals surface area contributed by atoms with Gasteiger partial charge in [-0.1, -0.05) is 17.7 Å². The van der Waals surface area contributed by atoms with Crippen molar-refractivity contribution in [2.45, 2.75) is 30.7 Å². The molecule has 1 aromatic rings. The zero-order valence-electron chi connectivity index (χ0n) is 9.22. The van der Waals surface area contributed by atoms with E-state index in [0.717, 1.165) is 18.4 Å². The van der Waals surface area contributed by atoms with E-state index < -0.39 is 10.0 Å². The Morgan fingerprint density at radius 2 is 2.12 bits per heavy atom. The fraction of sp³-hybridized carbons (Fsp3) is 0.364. The first kappa shape index (κ1) is 11.0. The maximum atomic E-state index is 11.9. The topological polar surface area (TPSA) is 49.7 Å². The highest BCUT2D eigenvalue weighted by molar-refractivity contribution is 7.90. The van der Waals surface area contributed by atoms with Gasteiger partial charge in [0.1, 0.15) is 11.2 Å². The molecule has 0 radical (unpaired) electrons. The summed E-state index contributed by atoms with van der Waals surface area (Å²) in [6.07, 6.45) is 3.55. The van der Waals surface area contributed by atoms with Crippen LogP contribution in [0, 0.1) is 6.92 Å². The van der Waals surface area contributed by atoms with Crippen LogP contribution >= 0.6 is 11.6 Å². The van der Waals surface area contributed by atoms with Gasteiger partial charge in [-0.2, -0.15) is 8.42 Å². The van der Waals surface area contributed by atoms with Crippen molar-refractivity contribution in [2.75, 3.05) is 4.90 Å². The minimum Gasteiger partial charge on any atom is -0.327 e. The number of halogens is 1. The molecule has 0 N–H and O–H groups in total. The molecule has 2 aliphatic rings. The lowest BCUT2D eigenvalue weighted by Crippen LogP contribution is -2.30. The molecule has 0 saturated heterocycles. The molecule has 1 aromatic carbocycles. The molecule has 0 spiro atoms. The Morgan fingerprint density at radius 1 is 1.41 bits per heavy atom. The second-order valence-corrected chi connectivity index (χ2v) is 6.35. The number of hydrogen-bond acceptors (Lipinski definition) is 3. The Bertz CT molecular complexity index is 621. The Hall–Kier alpha value is -1.07. The van der Waals surface area contributed by atoms with Crippen molar-refractivity contribution >= 4 is 33.7 Å². The third-order valence-electron chi connectivity index (χ3n) is 3.05. The molecule has 0 amide bonds. The molecule has 6 heteroatoms. The van der Waals surface area contributed by atoms with E-state index in [1.807, 2.05) is 17.9 Å². The predicted molar refractivity (Wildman–Crippen MR) is 67.4 cm³/mol. The van der Waals surface area contributed by atoms with Crippen LogP contribution in [0.3, 0.4) is 0 Å². The average Bonchev–Trinajstić information content (AvgIpc) is 3.06. The van der Waals surface area contributed by atoms with E-state index in [0.29, 0.717) is 11.7 Å². The van der Waals surface area contributed by atoms with E-state index in [-0.39, 0.29) is 9.92 Å². The summed E-state index contributed by atoms with van der Waals surface area (Å²) in [6.45, 7) is 1.89. The van der Waals surface area contributed by atoms with Crippen molar-refractivity contribution in [1.29, 1.82) is 0 Å². The summed E-state index contributed by atoms with van der Waals surface area (Å²) in [6, 6.07) is 3.81.